The lowest BCUT2D eigenvalue weighted by Crippen LogP contribution is -2.44. The summed E-state index contributed by atoms with van der Waals surface area (Å²) in [5.74, 6) is 0.0974. The molecule has 5 nitrogen and oxygen atoms in total. The molecule has 1 aliphatic carbocycles. The fourth-order valence-electron chi connectivity index (χ4n) is 2.61. The highest BCUT2D eigenvalue weighted by Gasteiger charge is 2.42. The summed E-state index contributed by atoms with van der Waals surface area (Å²) < 4.78 is 0. The second-order valence-corrected chi connectivity index (χ2v) is 5.01. The van der Waals surface area contributed by atoms with Crippen molar-refractivity contribution in [1.82, 2.24) is 9.97 Å². The Balaban J connectivity index is 2.03. The minimum Gasteiger partial charge on any atom is -0.329 e. The highest BCUT2D eigenvalue weighted by atomic mass is 16.1. The van der Waals surface area contributed by atoms with Crippen LogP contribution in [-0.4, -0.2) is 22.3 Å². The van der Waals surface area contributed by atoms with Crippen molar-refractivity contribution in [2.45, 2.75) is 19.3 Å². The van der Waals surface area contributed by atoms with Gasteiger partial charge in [-0.05, 0) is 31.0 Å². The van der Waals surface area contributed by atoms with Crippen LogP contribution in [-0.2, 0) is 0 Å². The molecule has 3 rings (SSSR count). The van der Waals surface area contributed by atoms with E-state index in [2.05, 4.69) is 9.97 Å². The molecule has 0 atom stereocenters. The van der Waals surface area contributed by atoms with Crippen LogP contribution in [0.5, 0.6) is 0 Å². The van der Waals surface area contributed by atoms with E-state index in [4.69, 9.17) is 5.73 Å². The smallest absolute Gasteiger partial charge is 0.323 e. The fraction of sp³-hybridized carbons (Fsp3) is 0.385. The van der Waals surface area contributed by atoms with E-state index in [1.165, 1.54) is 0 Å². The van der Waals surface area contributed by atoms with E-state index in [-0.39, 0.29) is 16.9 Å². The van der Waals surface area contributed by atoms with Crippen LogP contribution >= 0.6 is 0 Å². The molecule has 1 aromatic carbocycles. The number of aromatic amines is 2. The molecule has 5 heteroatoms. The minimum atomic E-state index is -0.371. The summed E-state index contributed by atoms with van der Waals surface area (Å²) in [7, 11) is 0. The molecule has 1 fully saturated rings. The summed E-state index contributed by atoms with van der Waals surface area (Å²) in [4.78, 5) is 28.9. The summed E-state index contributed by atoms with van der Waals surface area (Å²) in [5.41, 5.74) is 7.12. The lowest BCUT2D eigenvalue weighted by atomic mass is 9.64. The molecule has 18 heavy (non-hydrogen) atoms. The van der Waals surface area contributed by atoms with Crippen molar-refractivity contribution in [3.63, 3.8) is 0 Å². The Morgan fingerprint density at radius 2 is 2.00 bits per heavy atom. The number of carbonyl (C=O) groups is 1. The maximum atomic E-state index is 12.4. The van der Waals surface area contributed by atoms with Crippen molar-refractivity contribution in [2.75, 3.05) is 6.54 Å². The normalized spacial score (nSPS) is 17.6. The van der Waals surface area contributed by atoms with Gasteiger partial charge in [-0.15, -0.1) is 0 Å². The summed E-state index contributed by atoms with van der Waals surface area (Å²) in [5, 5.41) is 0. The Labute approximate surface area is 103 Å². The number of ketones is 1. The molecule has 0 unspecified atom stereocenters. The third-order valence-electron chi connectivity index (χ3n) is 3.96. The topological polar surface area (TPSA) is 91.7 Å². The van der Waals surface area contributed by atoms with Crippen molar-refractivity contribution in [1.29, 1.82) is 0 Å². The zero-order valence-corrected chi connectivity index (χ0v) is 9.95. The zero-order chi connectivity index (χ0) is 12.8. The van der Waals surface area contributed by atoms with E-state index in [1.54, 1.807) is 18.2 Å². The van der Waals surface area contributed by atoms with Crippen LogP contribution in [0.4, 0.5) is 0 Å². The molecule has 4 N–H and O–H groups in total. The van der Waals surface area contributed by atoms with E-state index >= 15 is 0 Å². The van der Waals surface area contributed by atoms with Crippen molar-refractivity contribution in [2.24, 2.45) is 11.1 Å². The monoisotopic (exact) mass is 245 g/mol. The molecule has 94 valence electrons. The molecule has 0 bridgehead atoms. The van der Waals surface area contributed by atoms with Gasteiger partial charge in [0.05, 0.1) is 11.0 Å². The van der Waals surface area contributed by atoms with Gasteiger partial charge in [-0.1, -0.05) is 6.42 Å². The van der Waals surface area contributed by atoms with Gasteiger partial charge < -0.3 is 15.7 Å². The van der Waals surface area contributed by atoms with Crippen LogP contribution in [0.15, 0.2) is 23.0 Å². The number of H-pyrrole nitrogens is 2. The number of hydrogen-bond donors (Lipinski definition) is 3. The van der Waals surface area contributed by atoms with Gasteiger partial charge in [0.1, 0.15) is 0 Å². The SMILES string of the molecule is NCC1(C(=O)c2ccc3[nH]c(=O)[nH]c3c2)CCC1. The largest absolute Gasteiger partial charge is 0.329 e. The standard InChI is InChI=1S/C13H15N3O2/c14-7-13(4-1-5-13)11(17)8-2-3-9-10(6-8)16-12(18)15-9/h2-3,6H,1,4-5,7,14H2,(H2,15,16,18). The lowest BCUT2D eigenvalue weighted by Gasteiger charge is -2.39. The van der Waals surface area contributed by atoms with Gasteiger partial charge in [0, 0.05) is 17.5 Å². The van der Waals surface area contributed by atoms with Crippen molar-refractivity contribution in [3.8, 4) is 0 Å². The van der Waals surface area contributed by atoms with Gasteiger partial charge in [0.15, 0.2) is 5.78 Å². The van der Waals surface area contributed by atoms with Crippen LogP contribution in [0.3, 0.4) is 0 Å². The van der Waals surface area contributed by atoms with Crippen LogP contribution in [0.2, 0.25) is 0 Å². The average molecular weight is 245 g/mol. The third kappa shape index (κ3) is 1.51. The first kappa shape index (κ1) is 11.2. The lowest BCUT2D eigenvalue weighted by molar-refractivity contribution is 0.0636. The Hall–Kier alpha value is -1.88. The number of carbonyl (C=O) groups excluding carboxylic acids is 1. The zero-order valence-electron chi connectivity index (χ0n) is 9.95. The van der Waals surface area contributed by atoms with Gasteiger partial charge in [0.2, 0.25) is 0 Å². The number of nitrogens with one attached hydrogen (secondary N) is 2. The first-order valence-corrected chi connectivity index (χ1v) is 6.12. The van der Waals surface area contributed by atoms with Crippen molar-refractivity contribution < 1.29 is 4.79 Å². The Morgan fingerprint density at radius 3 is 2.61 bits per heavy atom. The van der Waals surface area contributed by atoms with Crippen molar-refractivity contribution >= 4 is 16.8 Å². The summed E-state index contributed by atoms with van der Waals surface area (Å²) in [6.45, 7) is 0.396. The van der Waals surface area contributed by atoms with Crippen LogP contribution in [0.1, 0.15) is 29.6 Å². The van der Waals surface area contributed by atoms with Crippen LogP contribution in [0, 0.1) is 5.41 Å². The number of hydrogen-bond acceptors (Lipinski definition) is 3. The Bertz CT molecular complexity index is 659. The van der Waals surface area contributed by atoms with Gasteiger partial charge in [-0.3, -0.25) is 4.79 Å². The van der Waals surface area contributed by atoms with Gasteiger partial charge >= 0.3 is 5.69 Å². The number of imidazole rings is 1. The molecule has 0 aliphatic heterocycles. The minimum absolute atomic E-state index is 0.0974. The molecule has 0 saturated heterocycles. The predicted octanol–water partition coefficient (Wildman–Crippen LogP) is 1.17. The number of rotatable bonds is 3. The highest BCUT2D eigenvalue weighted by molar-refractivity contribution is 6.03. The second kappa shape index (κ2) is 3.81. The van der Waals surface area contributed by atoms with E-state index in [9.17, 15) is 9.59 Å². The second-order valence-electron chi connectivity index (χ2n) is 5.01. The van der Waals surface area contributed by atoms with Crippen LogP contribution in [0.25, 0.3) is 11.0 Å². The van der Waals surface area contributed by atoms with E-state index in [0.717, 1.165) is 19.3 Å². The average Bonchev–Trinajstić information content (AvgIpc) is 2.67. The number of aromatic nitrogens is 2. The number of fused-ring (bicyclic) bond motifs is 1. The fourth-order valence-corrected chi connectivity index (χ4v) is 2.61. The van der Waals surface area contributed by atoms with E-state index in [1.807, 2.05) is 0 Å². The first-order valence-electron chi connectivity index (χ1n) is 6.12. The number of nitrogens with two attached hydrogens (primary N) is 1. The van der Waals surface area contributed by atoms with E-state index < -0.39 is 0 Å². The van der Waals surface area contributed by atoms with Gasteiger partial charge in [0.25, 0.3) is 0 Å². The molecule has 2 aromatic rings. The molecule has 1 aromatic heterocycles. The predicted molar refractivity (Wildman–Crippen MR) is 68.6 cm³/mol. The highest BCUT2D eigenvalue weighted by Crippen LogP contribution is 2.42. The van der Waals surface area contributed by atoms with Crippen molar-refractivity contribution in [3.05, 3.63) is 34.2 Å². The molecule has 1 heterocycles. The van der Waals surface area contributed by atoms with Crippen LogP contribution < -0.4 is 11.4 Å². The number of Topliss-reactive ketones (excluding diaryl/α,β-unsaturated/α-hetero) is 1. The molecule has 0 radical (unpaired) electrons. The molecular weight excluding hydrogens is 230 g/mol. The molecule has 1 saturated carbocycles. The van der Waals surface area contributed by atoms with Gasteiger partial charge in [-0.25, -0.2) is 4.79 Å². The molecular formula is C13H15N3O2. The quantitative estimate of drug-likeness (QED) is 0.709. The van der Waals surface area contributed by atoms with E-state index in [0.29, 0.717) is 23.1 Å². The van der Waals surface area contributed by atoms with Gasteiger partial charge in [-0.2, -0.15) is 0 Å². The summed E-state index contributed by atoms with van der Waals surface area (Å²) in [6.07, 6.45) is 2.79. The summed E-state index contributed by atoms with van der Waals surface area (Å²) >= 11 is 0. The first-order chi connectivity index (χ1) is 8.64. The maximum absolute atomic E-state index is 12.4. The Kier molecular flexibility index (Phi) is 2.38. The molecule has 0 amide bonds. The maximum Gasteiger partial charge on any atom is 0.323 e. The number of benzene rings is 1. The summed E-state index contributed by atoms with van der Waals surface area (Å²) in [6, 6.07) is 5.23. The molecule has 0 spiro atoms. The Morgan fingerprint density at radius 1 is 1.28 bits per heavy atom. The molecule has 1 aliphatic rings. The third-order valence-corrected chi connectivity index (χ3v) is 3.96.